The number of hydrogen-bond donors (Lipinski definition) is 2. The van der Waals surface area contributed by atoms with Gasteiger partial charge in [-0.25, -0.2) is 9.03 Å². The maximum atomic E-state index is 13.2. The van der Waals surface area contributed by atoms with Crippen molar-refractivity contribution < 1.29 is 9.59 Å². The predicted octanol–water partition coefficient (Wildman–Crippen LogP) is 3.67. The van der Waals surface area contributed by atoms with Crippen LogP contribution in [-0.4, -0.2) is 53.6 Å². The minimum Gasteiger partial charge on any atom is -0.348 e. The monoisotopic (exact) mass is 492 g/mol. The van der Waals surface area contributed by atoms with Gasteiger partial charge in [-0.3, -0.25) is 9.59 Å². The zero-order valence-electron chi connectivity index (χ0n) is 19.4. The lowest BCUT2D eigenvalue weighted by atomic mass is 9.95. The van der Waals surface area contributed by atoms with E-state index in [-0.39, 0.29) is 35.3 Å². The zero-order valence-corrected chi connectivity index (χ0v) is 20.3. The Bertz CT molecular complexity index is 1320. The van der Waals surface area contributed by atoms with Crippen LogP contribution in [0.15, 0.2) is 24.3 Å². The summed E-state index contributed by atoms with van der Waals surface area (Å²) in [6, 6.07) is 7.90. The summed E-state index contributed by atoms with van der Waals surface area (Å²) >= 11 is 1.26. The van der Waals surface area contributed by atoms with E-state index in [4.69, 9.17) is 0 Å². The molecule has 182 valence electrons. The summed E-state index contributed by atoms with van der Waals surface area (Å²) in [6.07, 6.45) is 10.8. The fourth-order valence-corrected chi connectivity index (χ4v) is 6.33. The Morgan fingerprint density at radius 1 is 0.714 bits per heavy atom. The first-order chi connectivity index (χ1) is 17.2. The number of carbonyl (C=O) groups is 2. The van der Waals surface area contributed by atoms with E-state index in [0.717, 1.165) is 62.4 Å². The predicted molar refractivity (Wildman–Crippen MR) is 132 cm³/mol. The van der Waals surface area contributed by atoms with E-state index in [2.05, 4.69) is 31.3 Å². The van der Waals surface area contributed by atoms with Gasteiger partial charge in [0.05, 0.1) is 11.0 Å². The second kappa shape index (κ2) is 9.37. The number of aromatic nitrogens is 6. The quantitative estimate of drug-likeness (QED) is 0.449. The van der Waals surface area contributed by atoms with Gasteiger partial charge < -0.3 is 10.6 Å². The lowest BCUT2D eigenvalue weighted by molar-refractivity contribution is 0.0916. The molecule has 0 saturated heterocycles. The number of hydrogen-bond acceptors (Lipinski definition) is 7. The number of rotatable bonds is 4. The standard InChI is InChI=1S/C24H28N8O2S/c33-21(25-15-9-3-1-4-10-15)19-23-31(29-27-19)17-13-7-8-14-18(17)32-24(35-23)20(28-30-32)22(34)26-16-11-5-2-6-12-16/h7-8,13-16H,1-6,9-12H2,(H,25,33)(H,26,34). The Morgan fingerprint density at radius 3 is 1.57 bits per heavy atom. The van der Waals surface area contributed by atoms with Crippen LogP contribution in [0, 0.1) is 0 Å². The van der Waals surface area contributed by atoms with Crippen LogP contribution in [-0.2, 0) is 0 Å². The topological polar surface area (TPSA) is 119 Å². The number of carbonyl (C=O) groups excluding carboxylic acids is 2. The molecule has 2 aliphatic carbocycles. The summed E-state index contributed by atoms with van der Waals surface area (Å²) in [5, 5.41) is 23.4. The van der Waals surface area contributed by atoms with Crippen LogP contribution >= 0.6 is 11.3 Å². The Labute approximate surface area is 205 Å². The van der Waals surface area contributed by atoms with Gasteiger partial charge >= 0.3 is 0 Å². The van der Waals surface area contributed by atoms with Gasteiger partial charge in [0.1, 0.15) is 0 Å². The molecule has 2 N–H and O–H groups in total. The van der Waals surface area contributed by atoms with Crippen LogP contribution < -0.4 is 10.6 Å². The Balaban J connectivity index is 1.47. The van der Waals surface area contributed by atoms with Gasteiger partial charge in [0.15, 0.2) is 21.0 Å². The molecule has 0 atom stereocenters. The van der Waals surface area contributed by atoms with Crippen molar-refractivity contribution in [1.82, 2.24) is 40.3 Å². The fraction of sp³-hybridized carbons (Fsp3) is 0.500. The van der Waals surface area contributed by atoms with E-state index < -0.39 is 0 Å². The normalized spacial score (nSPS) is 17.7. The smallest absolute Gasteiger partial charge is 0.275 e. The molecule has 11 heteroatoms. The highest BCUT2D eigenvalue weighted by Gasteiger charge is 2.25. The number of amides is 2. The zero-order chi connectivity index (χ0) is 23.8. The highest BCUT2D eigenvalue weighted by atomic mass is 32.1. The Kier molecular flexibility index (Phi) is 5.93. The number of nitrogens with zero attached hydrogens (tertiary/aromatic N) is 6. The molecular formula is C24H28N8O2S. The van der Waals surface area contributed by atoms with Gasteiger partial charge in [0.25, 0.3) is 11.8 Å². The average molecular weight is 493 g/mol. The van der Waals surface area contributed by atoms with Crippen molar-refractivity contribution in [1.29, 1.82) is 0 Å². The summed E-state index contributed by atoms with van der Waals surface area (Å²) in [4.78, 5) is 27.6. The highest BCUT2D eigenvalue weighted by Crippen LogP contribution is 2.27. The maximum absolute atomic E-state index is 13.2. The molecule has 1 aromatic carbocycles. The van der Waals surface area contributed by atoms with E-state index in [1.165, 1.54) is 24.2 Å². The SMILES string of the molecule is O=C(NC1CCCCC1)c1nnn2c1sc1c(C(=O)NC3CCCCC3)nnn1c1ccccc12. The number of para-hydroxylation sites is 2. The second-order valence-electron chi connectivity index (χ2n) is 9.52. The van der Waals surface area contributed by atoms with Crippen molar-refractivity contribution >= 4 is 43.8 Å². The summed E-state index contributed by atoms with van der Waals surface area (Å²) < 4.78 is 3.32. The van der Waals surface area contributed by atoms with Crippen LogP contribution in [0.5, 0.6) is 0 Å². The highest BCUT2D eigenvalue weighted by molar-refractivity contribution is 7.22. The molecule has 2 amide bonds. The maximum Gasteiger partial charge on any atom is 0.275 e. The molecule has 4 aromatic rings. The van der Waals surface area contributed by atoms with Crippen LogP contribution in [0.4, 0.5) is 0 Å². The molecule has 0 aliphatic heterocycles. The van der Waals surface area contributed by atoms with Crippen molar-refractivity contribution in [2.45, 2.75) is 76.3 Å². The first kappa shape index (κ1) is 22.1. The van der Waals surface area contributed by atoms with Crippen molar-refractivity contribution in [3.8, 4) is 0 Å². The number of fused-ring (bicyclic) bond motifs is 5. The molecule has 0 unspecified atom stereocenters. The lowest BCUT2D eigenvalue weighted by Gasteiger charge is -2.22. The Hall–Kier alpha value is -3.34. The molecule has 6 rings (SSSR count). The van der Waals surface area contributed by atoms with Gasteiger partial charge in [0.2, 0.25) is 0 Å². The van der Waals surface area contributed by atoms with Crippen molar-refractivity contribution in [3.05, 3.63) is 35.7 Å². The molecule has 2 fully saturated rings. The molecule has 2 saturated carbocycles. The van der Waals surface area contributed by atoms with Gasteiger partial charge in [-0.2, -0.15) is 0 Å². The average Bonchev–Trinajstić information content (AvgIpc) is 3.47. The van der Waals surface area contributed by atoms with Gasteiger partial charge in [0, 0.05) is 12.1 Å². The van der Waals surface area contributed by atoms with Crippen LogP contribution in [0.2, 0.25) is 0 Å². The van der Waals surface area contributed by atoms with Gasteiger partial charge in [-0.15, -0.1) is 10.2 Å². The molecule has 35 heavy (non-hydrogen) atoms. The molecular weight excluding hydrogens is 464 g/mol. The Morgan fingerprint density at radius 2 is 1.14 bits per heavy atom. The van der Waals surface area contributed by atoms with E-state index in [9.17, 15) is 9.59 Å². The molecule has 2 aliphatic rings. The van der Waals surface area contributed by atoms with Crippen molar-refractivity contribution in [3.63, 3.8) is 0 Å². The third-order valence-electron chi connectivity index (χ3n) is 7.10. The second-order valence-corrected chi connectivity index (χ2v) is 10.5. The first-order valence-corrected chi connectivity index (χ1v) is 13.3. The molecule has 0 spiro atoms. The molecule has 3 aromatic heterocycles. The van der Waals surface area contributed by atoms with Crippen LogP contribution in [0.25, 0.3) is 20.7 Å². The van der Waals surface area contributed by atoms with E-state index >= 15 is 0 Å². The molecule has 0 bridgehead atoms. The van der Waals surface area contributed by atoms with Crippen LogP contribution in [0.1, 0.15) is 85.2 Å². The summed E-state index contributed by atoms with van der Waals surface area (Å²) in [6.45, 7) is 0. The largest absolute Gasteiger partial charge is 0.348 e. The van der Waals surface area contributed by atoms with E-state index in [1.807, 2.05) is 24.3 Å². The van der Waals surface area contributed by atoms with E-state index in [0.29, 0.717) is 9.66 Å². The van der Waals surface area contributed by atoms with E-state index in [1.54, 1.807) is 9.03 Å². The van der Waals surface area contributed by atoms with Gasteiger partial charge in [-0.05, 0) is 37.8 Å². The minimum absolute atomic E-state index is 0.153. The molecule has 0 radical (unpaired) electrons. The molecule has 3 heterocycles. The summed E-state index contributed by atoms with van der Waals surface area (Å²) in [7, 11) is 0. The molecule has 10 nitrogen and oxygen atoms in total. The summed E-state index contributed by atoms with van der Waals surface area (Å²) in [5.41, 5.74) is 1.96. The van der Waals surface area contributed by atoms with Gasteiger partial charge in [-0.1, -0.05) is 72.4 Å². The minimum atomic E-state index is -0.239. The third kappa shape index (κ3) is 4.18. The van der Waals surface area contributed by atoms with Crippen molar-refractivity contribution in [2.24, 2.45) is 0 Å². The number of nitrogens with one attached hydrogen (secondary N) is 2. The van der Waals surface area contributed by atoms with Crippen LogP contribution in [0.3, 0.4) is 0 Å². The third-order valence-corrected chi connectivity index (χ3v) is 8.22. The fourth-order valence-electron chi connectivity index (χ4n) is 5.24. The lowest BCUT2D eigenvalue weighted by Crippen LogP contribution is -2.36. The summed E-state index contributed by atoms with van der Waals surface area (Å²) in [5.74, 6) is -0.477. The van der Waals surface area contributed by atoms with Crippen molar-refractivity contribution in [2.75, 3.05) is 0 Å². The first-order valence-electron chi connectivity index (χ1n) is 12.5. The number of benzene rings is 1.